The van der Waals surface area contributed by atoms with E-state index in [9.17, 15) is 28.8 Å². The number of piperidine rings is 1. The number of carbonyl (C=O) groups excluding carboxylic acids is 6. The third-order valence-electron chi connectivity index (χ3n) is 11.3. The highest BCUT2D eigenvalue weighted by molar-refractivity contribution is 6.31. The Morgan fingerprint density at radius 2 is 1.62 bits per heavy atom. The molecule has 1 aliphatic carbocycles. The first-order valence-electron chi connectivity index (χ1n) is 17.5. The second-order valence-electron chi connectivity index (χ2n) is 14.9. The molecule has 270 valence electrons. The highest BCUT2D eigenvalue weighted by Crippen LogP contribution is 2.44. The Labute approximate surface area is 309 Å². The van der Waals surface area contributed by atoms with Gasteiger partial charge in [-0.3, -0.25) is 43.9 Å². The van der Waals surface area contributed by atoms with E-state index in [2.05, 4.69) is 10.6 Å². The second-order valence-corrected chi connectivity index (χ2v) is 15.3. The molecule has 3 atom stereocenters. The van der Waals surface area contributed by atoms with Crippen molar-refractivity contribution in [3.63, 3.8) is 0 Å². The van der Waals surface area contributed by atoms with Gasteiger partial charge in [0.1, 0.15) is 24.0 Å². The molecule has 0 bridgehead atoms. The molecule has 53 heavy (non-hydrogen) atoms. The van der Waals surface area contributed by atoms with Crippen molar-refractivity contribution in [3.05, 3.63) is 98.1 Å². The number of amides is 6. The molecule has 14 heteroatoms. The van der Waals surface area contributed by atoms with E-state index in [4.69, 9.17) is 21.6 Å². The van der Waals surface area contributed by atoms with Crippen molar-refractivity contribution in [2.75, 3.05) is 6.54 Å². The molecule has 0 spiro atoms. The normalized spacial score (nSPS) is 22.8. The minimum absolute atomic E-state index is 0.0535. The van der Waals surface area contributed by atoms with Crippen molar-refractivity contribution in [1.82, 2.24) is 25.3 Å². The van der Waals surface area contributed by atoms with E-state index in [1.165, 1.54) is 0 Å². The largest absolute Gasteiger partial charge is 0.490 e. The van der Waals surface area contributed by atoms with Gasteiger partial charge in [-0.1, -0.05) is 31.5 Å². The molecule has 8 rings (SSSR count). The first kappa shape index (κ1) is 34.5. The summed E-state index contributed by atoms with van der Waals surface area (Å²) < 4.78 is 6.15. The van der Waals surface area contributed by atoms with Gasteiger partial charge in [-0.05, 0) is 65.1 Å². The minimum Gasteiger partial charge on any atom is -0.490 e. The highest BCUT2D eigenvalue weighted by atomic mass is 35.5. The van der Waals surface area contributed by atoms with Gasteiger partial charge in [0.15, 0.2) is 0 Å². The van der Waals surface area contributed by atoms with Crippen molar-refractivity contribution >= 4 is 47.0 Å². The molecule has 1 unspecified atom stereocenters. The van der Waals surface area contributed by atoms with Crippen molar-refractivity contribution in [2.24, 2.45) is 5.41 Å². The fourth-order valence-electron chi connectivity index (χ4n) is 7.95. The van der Waals surface area contributed by atoms with E-state index >= 15 is 0 Å². The number of hydrogen-bond donors (Lipinski definition) is 2. The molecule has 1 saturated carbocycles. The maximum Gasteiger partial charge on any atom is 0.262 e. The number of benzene rings is 3. The number of nitrogens with one attached hydrogen (secondary N) is 2. The Balaban J connectivity index is 0.851. The number of halogens is 1. The number of nitriles is 1. The first-order valence-corrected chi connectivity index (χ1v) is 17.8. The monoisotopic (exact) mass is 734 g/mol. The van der Waals surface area contributed by atoms with Gasteiger partial charge in [0, 0.05) is 62.1 Å². The quantitative estimate of drug-likeness (QED) is 0.346. The van der Waals surface area contributed by atoms with Crippen molar-refractivity contribution in [3.8, 4) is 11.8 Å². The van der Waals surface area contributed by atoms with Crippen LogP contribution >= 0.6 is 11.6 Å². The van der Waals surface area contributed by atoms with Crippen molar-refractivity contribution in [2.45, 2.75) is 77.5 Å². The topological polar surface area (TPSA) is 169 Å². The van der Waals surface area contributed by atoms with E-state index in [0.29, 0.717) is 54.5 Å². The van der Waals surface area contributed by atoms with Crippen LogP contribution in [0, 0.1) is 16.7 Å². The highest BCUT2D eigenvalue weighted by Gasteiger charge is 2.51. The lowest BCUT2D eigenvalue weighted by molar-refractivity contribution is -0.136. The zero-order chi connectivity index (χ0) is 37.3. The van der Waals surface area contributed by atoms with E-state index in [1.807, 2.05) is 36.9 Å². The minimum atomic E-state index is -1.02. The van der Waals surface area contributed by atoms with Crippen LogP contribution in [-0.2, 0) is 40.6 Å². The molecule has 2 N–H and O–H groups in total. The standard InChI is InChI=1S/C39H35ClN6O7/c1-39(2)31(13-32(39)53-26-6-5-21(14-41)29(40)12-26)42-35(49)20-3-4-22-17-45(18-23(22)9-20)34(48)19-44-15-24-10-27-28(11-25(24)16-44)38(52)46(37(27)51)30-7-8-33(47)43-36(30)50/h3-6,9-12,30-32H,7-8,13,15-19H2,1-2H3,(H,42,49)(H,43,47,50)/t30?,31-,32-/m0/s1. The van der Waals surface area contributed by atoms with Gasteiger partial charge in [-0.15, -0.1) is 0 Å². The average Bonchev–Trinajstić information content (AvgIpc) is 3.80. The summed E-state index contributed by atoms with van der Waals surface area (Å²) >= 11 is 6.17. The summed E-state index contributed by atoms with van der Waals surface area (Å²) in [5.41, 5.74) is 4.56. The van der Waals surface area contributed by atoms with Gasteiger partial charge in [-0.2, -0.15) is 5.26 Å². The zero-order valence-electron chi connectivity index (χ0n) is 29.0. The third-order valence-corrected chi connectivity index (χ3v) is 11.6. The number of hydrogen-bond acceptors (Lipinski definition) is 9. The summed E-state index contributed by atoms with van der Waals surface area (Å²) in [6.45, 7) is 5.85. The van der Waals surface area contributed by atoms with Crippen LogP contribution in [0.5, 0.6) is 5.75 Å². The summed E-state index contributed by atoms with van der Waals surface area (Å²) in [6.07, 6.45) is 0.605. The van der Waals surface area contributed by atoms with Gasteiger partial charge in [-0.25, -0.2) is 0 Å². The number of fused-ring (bicyclic) bond motifs is 3. The molecule has 2 fully saturated rings. The number of ether oxygens (including phenoxy) is 1. The van der Waals surface area contributed by atoms with Crippen LogP contribution in [0.3, 0.4) is 0 Å². The molecular weight excluding hydrogens is 700 g/mol. The van der Waals surface area contributed by atoms with Crippen LogP contribution in [-0.4, -0.2) is 74.9 Å². The maximum absolute atomic E-state index is 13.5. The molecule has 3 aromatic carbocycles. The van der Waals surface area contributed by atoms with Gasteiger partial charge >= 0.3 is 0 Å². The molecule has 4 aliphatic heterocycles. The Kier molecular flexibility index (Phi) is 8.35. The summed E-state index contributed by atoms with van der Waals surface area (Å²) in [5.74, 6) is -1.89. The van der Waals surface area contributed by atoms with Gasteiger partial charge < -0.3 is 15.0 Å². The van der Waals surface area contributed by atoms with Crippen molar-refractivity contribution < 1.29 is 33.5 Å². The molecule has 4 heterocycles. The Hall–Kier alpha value is -5.58. The fourth-order valence-corrected chi connectivity index (χ4v) is 8.16. The zero-order valence-corrected chi connectivity index (χ0v) is 29.8. The molecule has 5 aliphatic rings. The van der Waals surface area contributed by atoms with E-state index in [0.717, 1.165) is 27.2 Å². The molecule has 3 aromatic rings. The number of imide groups is 2. The van der Waals surface area contributed by atoms with Gasteiger partial charge in [0.25, 0.3) is 17.7 Å². The van der Waals surface area contributed by atoms with Crippen LogP contribution < -0.4 is 15.4 Å². The smallest absolute Gasteiger partial charge is 0.262 e. The second kappa shape index (κ2) is 12.8. The number of rotatable bonds is 7. The number of carbonyl (C=O) groups is 6. The van der Waals surface area contributed by atoms with Crippen LogP contribution in [0.25, 0.3) is 0 Å². The fraction of sp³-hybridized carbons (Fsp3) is 0.359. The van der Waals surface area contributed by atoms with Crippen molar-refractivity contribution in [1.29, 1.82) is 5.26 Å². The van der Waals surface area contributed by atoms with Crippen LogP contribution in [0.4, 0.5) is 0 Å². The van der Waals surface area contributed by atoms with E-state index < -0.39 is 29.7 Å². The lowest BCUT2D eigenvalue weighted by Gasteiger charge is -2.51. The lowest BCUT2D eigenvalue weighted by atomic mass is 9.64. The van der Waals surface area contributed by atoms with E-state index in [1.54, 1.807) is 41.3 Å². The van der Waals surface area contributed by atoms with Crippen LogP contribution in [0.1, 0.15) is 92.0 Å². The summed E-state index contributed by atoms with van der Waals surface area (Å²) in [5, 5.41) is 14.8. The van der Waals surface area contributed by atoms with E-state index in [-0.39, 0.29) is 59.9 Å². The molecule has 13 nitrogen and oxygen atoms in total. The van der Waals surface area contributed by atoms with Crippen LogP contribution in [0.2, 0.25) is 5.02 Å². The SMILES string of the molecule is CC1(C)[C@@H](NC(=O)c2ccc3c(c2)CN(C(=O)CN2Cc4cc5c(cc4C2)C(=O)N(C2CCC(=O)NC2=O)C5=O)C3)C[C@@H]1Oc1ccc(C#N)c(Cl)c1. The molecule has 1 saturated heterocycles. The molecular formula is C39H35ClN6O7. The summed E-state index contributed by atoms with van der Waals surface area (Å²) in [7, 11) is 0. The summed E-state index contributed by atoms with van der Waals surface area (Å²) in [6, 6.07) is 14.7. The number of nitrogens with zero attached hydrogens (tertiary/aromatic N) is 4. The Morgan fingerprint density at radius 3 is 2.26 bits per heavy atom. The third kappa shape index (κ3) is 6.01. The molecule has 0 radical (unpaired) electrons. The molecule has 6 amide bonds. The summed E-state index contributed by atoms with van der Waals surface area (Å²) in [4.78, 5) is 82.0. The van der Waals surface area contributed by atoms with Crippen LogP contribution in [0.15, 0.2) is 48.5 Å². The maximum atomic E-state index is 13.5. The predicted octanol–water partition coefficient (Wildman–Crippen LogP) is 3.45. The Bertz CT molecular complexity index is 2170. The first-order chi connectivity index (χ1) is 25.3. The lowest BCUT2D eigenvalue weighted by Crippen LogP contribution is -2.63. The Morgan fingerprint density at radius 1 is 0.943 bits per heavy atom. The average molecular weight is 735 g/mol. The van der Waals surface area contributed by atoms with Gasteiger partial charge in [0.2, 0.25) is 17.7 Å². The molecule has 0 aromatic heterocycles. The predicted molar refractivity (Wildman–Crippen MR) is 188 cm³/mol. The van der Waals surface area contributed by atoms with Gasteiger partial charge in [0.05, 0.1) is 28.3 Å².